The highest BCUT2D eigenvalue weighted by Crippen LogP contribution is 2.17. The van der Waals surface area contributed by atoms with E-state index in [-0.39, 0.29) is 24.3 Å². The maximum Gasteiger partial charge on any atom is 0.242 e. The SMILES string of the molecule is CCC(C)NC(=O)C(C)N(Cc1ccc(OC)cc1)C(=O)Cc1ccc(C)c(C)c1. The van der Waals surface area contributed by atoms with Gasteiger partial charge in [0.05, 0.1) is 13.5 Å². The van der Waals surface area contributed by atoms with Gasteiger partial charge in [0.15, 0.2) is 0 Å². The van der Waals surface area contributed by atoms with Crippen LogP contribution in [0.3, 0.4) is 0 Å². The van der Waals surface area contributed by atoms with Crippen LogP contribution in [0.5, 0.6) is 5.75 Å². The number of rotatable bonds is 9. The summed E-state index contributed by atoms with van der Waals surface area (Å²) in [4.78, 5) is 27.7. The number of hydrogen-bond acceptors (Lipinski definition) is 3. The highest BCUT2D eigenvalue weighted by atomic mass is 16.5. The Morgan fingerprint density at radius 3 is 2.20 bits per heavy atom. The zero-order valence-electron chi connectivity index (χ0n) is 19.0. The number of hydrogen-bond donors (Lipinski definition) is 1. The number of nitrogens with zero attached hydrogens (tertiary/aromatic N) is 1. The van der Waals surface area contributed by atoms with Crippen LogP contribution in [0.2, 0.25) is 0 Å². The number of nitrogens with one attached hydrogen (secondary N) is 1. The summed E-state index contributed by atoms with van der Waals surface area (Å²) in [5, 5.41) is 3.00. The molecule has 2 aromatic rings. The third-order valence-electron chi connectivity index (χ3n) is 5.61. The number of amides is 2. The standard InChI is InChI=1S/C25H34N2O3/c1-7-19(4)26-25(29)20(5)27(16-21-10-12-23(30-6)13-11-21)24(28)15-22-9-8-17(2)18(3)14-22/h8-14,19-20H,7,15-16H2,1-6H3,(H,26,29). The van der Waals surface area contributed by atoms with Crippen LogP contribution in [0, 0.1) is 13.8 Å². The number of benzene rings is 2. The number of ether oxygens (including phenoxy) is 1. The molecule has 1 N–H and O–H groups in total. The molecule has 2 amide bonds. The average molecular weight is 411 g/mol. The van der Waals surface area contributed by atoms with Gasteiger partial charge in [-0.15, -0.1) is 0 Å². The predicted molar refractivity (Wildman–Crippen MR) is 121 cm³/mol. The quantitative estimate of drug-likeness (QED) is 0.674. The van der Waals surface area contributed by atoms with E-state index in [9.17, 15) is 9.59 Å². The van der Waals surface area contributed by atoms with Crippen molar-refractivity contribution in [3.05, 3.63) is 64.7 Å². The largest absolute Gasteiger partial charge is 0.497 e. The Morgan fingerprint density at radius 2 is 1.63 bits per heavy atom. The highest BCUT2D eigenvalue weighted by Gasteiger charge is 2.27. The molecule has 0 spiro atoms. The molecule has 0 heterocycles. The molecule has 30 heavy (non-hydrogen) atoms. The van der Waals surface area contributed by atoms with Gasteiger partial charge in [-0.25, -0.2) is 0 Å². The van der Waals surface area contributed by atoms with E-state index in [4.69, 9.17) is 4.74 Å². The van der Waals surface area contributed by atoms with E-state index in [0.717, 1.165) is 28.9 Å². The van der Waals surface area contributed by atoms with Gasteiger partial charge in [-0.2, -0.15) is 0 Å². The van der Waals surface area contributed by atoms with E-state index in [0.29, 0.717) is 6.54 Å². The van der Waals surface area contributed by atoms with Crippen LogP contribution in [0.4, 0.5) is 0 Å². The molecule has 0 aromatic heterocycles. The molecule has 5 heteroatoms. The summed E-state index contributed by atoms with van der Waals surface area (Å²) in [6.45, 7) is 10.2. The van der Waals surface area contributed by atoms with Crippen molar-refractivity contribution in [2.45, 2.75) is 66.1 Å². The Hall–Kier alpha value is -2.82. The second-order valence-electron chi connectivity index (χ2n) is 7.96. The van der Waals surface area contributed by atoms with Gasteiger partial charge in [0.25, 0.3) is 0 Å². The first kappa shape index (κ1) is 23.5. The topological polar surface area (TPSA) is 58.6 Å². The number of carbonyl (C=O) groups excluding carboxylic acids is 2. The number of carbonyl (C=O) groups is 2. The molecule has 0 aliphatic carbocycles. The van der Waals surface area contributed by atoms with Crippen molar-refractivity contribution >= 4 is 11.8 Å². The summed E-state index contributed by atoms with van der Waals surface area (Å²) in [5.74, 6) is 0.557. The zero-order valence-corrected chi connectivity index (χ0v) is 19.0. The summed E-state index contributed by atoms with van der Waals surface area (Å²) in [5.41, 5.74) is 4.26. The summed E-state index contributed by atoms with van der Waals surface area (Å²) in [6, 6.07) is 13.1. The Morgan fingerprint density at radius 1 is 1.00 bits per heavy atom. The molecular formula is C25H34N2O3. The van der Waals surface area contributed by atoms with Gasteiger partial charge in [-0.3, -0.25) is 9.59 Å². The van der Waals surface area contributed by atoms with Crippen LogP contribution >= 0.6 is 0 Å². The van der Waals surface area contributed by atoms with E-state index >= 15 is 0 Å². The van der Waals surface area contributed by atoms with Crippen LogP contribution in [0.15, 0.2) is 42.5 Å². The lowest BCUT2D eigenvalue weighted by Gasteiger charge is -2.30. The Balaban J connectivity index is 2.24. The normalized spacial score (nSPS) is 12.7. The van der Waals surface area contributed by atoms with E-state index in [1.54, 1.807) is 18.9 Å². The molecule has 2 atom stereocenters. The molecule has 0 fully saturated rings. The average Bonchev–Trinajstić information content (AvgIpc) is 2.74. The minimum Gasteiger partial charge on any atom is -0.497 e. The third kappa shape index (κ3) is 6.34. The monoisotopic (exact) mass is 410 g/mol. The van der Waals surface area contributed by atoms with Crippen LogP contribution < -0.4 is 10.1 Å². The minimum atomic E-state index is -0.569. The fourth-order valence-electron chi connectivity index (χ4n) is 3.17. The lowest BCUT2D eigenvalue weighted by molar-refractivity contribution is -0.140. The van der Waals surface area contributed by atoms with E-state index < -0.39 is 6.04 Å². The van der Waals surface area contributed by atoms with Crippen LogP contribution in [0.1, 0.15) is 49.4 Å². The molecule has 5 nitrogen and oxygen atoms in total. The molecular weight excluding hydrogens is 376 g/mol. The van der Waals surface area contributed by atoms with Gasteiger partial charge in [-0.1, -0.05) is 37.3 Å². The molecule has 0 aliphatic rings. The van der Waals surface area contributed by atoms with Gasteiger partial charge in [0, 0.05) is 12.6 Å². The van der Waals surface area contributed by atoms with Crippen LogP contribution in [-0.4, -0.2) is 35.9 Å². The van der Waals surface area contributed by atoms with Gasteiger partial charge >= 0.3 is 0 Å². The maximum absolute atomic E-state index is 13.3. The Labute approximate surface area is 180 Å². The van der Waals surface area contributed by atoms with Crippen molar-refractivity contribution in [2.75, 3.05) is 7.11 Å². The third-order valence-corrected chi connectivity index (χ3v) is 5.61. The van der Waals surface area contributed by atoms with Gasteiger partial charge in [-0.05, 0) is 68.5 Å². The lowest BCUT2D eigenvalue weighted by atomic mass is 10.0. The maximum atomic E-state index is 13.3. The van der Waals surface area contributed by atoms with E-state index in [2.05, 4.69) is 12.2 Å². The molecule has 0 saturated carbocycles. The van der Waals surface area contributed by atoms with Gasteiger partial charge in [0.1, 0.15) is 11.8 Å². The number of methoxy groups -OCH3 is 1. The Bertz CT molecular complexity index is 861. The smallest absolute Gasteiger partial charge is 0.242 e. The lowest BCUT2D eigenvalue weighted by Crippen LogP contribution is -2.49. The van der Waals surface area contributed by atoms with Gasteiger partial charge < -0.3 is 15.0 Å². The van der Waals surface area contributed by atoms with Gasteiger partial charge in [0.2, 0.25) is 11.8 Å². The van der Waals surface area contributed by atoms with Crippen molar-refractivity contribution in [2.24, 2.45) is 0 Å². The minimum absolute atomic E-state index is 0.0673. The second-order valence-corrected chi connectivity index (χ2v) is 7.96. The van der Waals surface area contributed by atoms with Crippen LogP contribution in [-0.2, 0) is 22.6 Å². The second kappa shape index (κ2) is 10.8. The molecule has 2 aromatic carbocycles. The fourth-order valence-corrected chi connectivity index (χ4v) is 3.17. The van der Waals surface area contributed by atoms with Crippen LogP contribution in [0.25, 0.3) is 0 Å². The summed E-state index contributed by atoms with van der Waals surface area (Å²) < 4.78 is 5.22. The Kier molecular flexibility index (Phi) is 8.46. The number of aryl methyl sites for hydroxylation is 2. The fraction of sp³-hybridized carbons (Fsp3) is 0.440. The molecule has 2 unspecified atom stereocenters. The molecule has 2 rings (SSSR count). The molecule has 0 aliphatic heterocycles. The molecule has 0 bridgehead atoms. The first-order valence-corrected chi connectivity index (χ1v) is 10.5. The molecule has 0 saturated heterocycles. The predicted octanol–water partition coefficient (Wildman–Crippen LogP) is 4.19. The van der Waals surface area contributed by atoms with Crippen molar-refractivity contribution in [3.63, 3.8) is 0 Å². The summed E-state index contributed by atoms with van der Waals surface area (Å²) in [7, 11) is 1.62. The van der Waals surface area contributed by atoms with E-state index in [1.807, 2.05) is 63.2 Å². The zero-order chi connectivity index (χ0) is 22.3. The van der Waals surface area contributed by atoms with E-state index in [1.165, 1.54) is 5.56 Å². The summed E-state index contributed by atoms with van der Waals surface area (Å²) >= 11 is 0. The van der Waals surface area contributed by atoms with Crippen molar-refractivity contribution in [1.82, 2.24) is 10.2 Å². The molecule has 0 radical (unpaired) electrons. The first-order valence-electron chi connectivity index (χ1n) is 10.5. The summed E-state index contributed by atoms with van der Waals surface area (Å²) in [6.07, 6.45) is 1.10. The van der Waals surface area contributed by atoms with Crippen molar-refractivity contribution < 1.29 is 14.3 Å². The highest BCUT2D eigenvalue weighted by molar-refractivity contribution is 5.88. The first-order chi connectivity index (χ1) is 14.2. The molecule has 162 valence electrons. The van der Waals surface area contributed by atoms with Crippen molar-refractivity contribution in [3.8, 4) is 5.75 Å². The van der Waals surface area contributed by atoms with Crippen molar-refractivity contribution in [1.29, 1.82) is 0 Å².